The number of nitro benzene ring substituents is 1. The van der Waals surface area contributed by atoms with Crippen LogP contribution in [0.25, 0.3) is 0 Å². The van der Waals surface area contributed by atoms with Gasteiger partial charge in [0.1, 0.15) is 5.69 Å². The Bertz CT molecular complexity index is 770. The highest BCUT2D eigenvalue weighted by Crippen LogP contribution is 2.37. The minimum atomic E-state index is -0.595. The number of benzene rings is 2. The molecule has 0 radical (unpaired) electrons. The molecule has 0 unspecified atom stereocenters. The van der Waals surface area contributed by atoms with Crippen molar-refractivity contribution in [2.45, 2.75) is 0 Å². The Morgan fingerprint density at radius 3 is 2.00 bits per heavy atom. The Labute approximate surface area is 159 Å². The van der Waals surface area contributed by atoms with Crippen molar-refractivity contribution in [2.24, 2.45) is 10.2 Å². The summed E-state index contributed by atoms with van der Waals surface area (Å²) in [7, 11) is 0. The van der Waals surface area contributed by atoms with E-state index in [1.165, 1.54) is 0 Å². The van der Waals surface area contributed by atoms with Crippen molar-refractivity contribution in [1.82, 2.24) is 0 Å². The molecule has 138 valence electrons. The van der Waals surface area contributed by atoms with E-state index in [1.54, 1.807) is 24.3 Å². The van der Waals surface area contributed by atoms with E-state index in [1.807, 2.05) is 4.90 Å². The molecule has 0 bridgehead atoms. The van der Waals surface area contributed by atoms with E-state index in [0.29, 0.717) is 18.8 Å². The molecular formula is C16H16Cl2N4O4. The monoisotopic (exact) mass is 398 g/mol. The van der Waals surface area contributed by atoms with E-state index in [4.69, 9.17) is 33.4 Å². The first kappa shape index (κ1) is 20.1. The molecule has 8 nitrogen and oxygen atoms in total. The molecule has 2 N–H and O–H groups in total. The van der Waals surface area contributed by atoms with Gasteiger partial charge in [0.05, 0.1) is 33.9 Å². The van der Waals surface area contributed by atoms with E-state index in [9.17, 15) is 10.1 Å². The van der Waals surface area contributed by atoms with E-state index in [0.717, 1.165) is 17.8 Å². The lowest BCUT2D eigenvalue weighted by Gasteiger charge is -2.22. The fourth-order valence-electron chi connectivity index (χ4n) is 2.20. The molecule has 0 aromatic heterocycles. The molecule has 26 heavy (non-hydrogen) atoms. The van der Waals surface area contributed by atoms with Gasteiger partial charge in [-0.05, 0) is 24.3 Å². The van der Waals surface area contributed by atoms with E-state index < -0.39 is 4.92 Å². The van der Waals surface area contributed by atoms with E-state index >= 15 is 0 Å². The zero-order valence-electron chi connectivity index (χ0n) is 13.5. The van der Waals surface area contributed by atoms with Crippen molar-refractivity contribution in [3.63, 3.8) is 0 Å². The van der Waals surface area contributed by atoms with Gasteiger partial charge < -0.3 is 15.1 Å². The summed E-state index contributed by atoms with van der Waals surface area (Å²) in [6, 6.07) is 9.28. The number of azo groups is 1. The van der Waals surface area contributed by atoms with E-state index in [-0.39, 0.29) is 34.6 Å². The Hall–Kier alpha value is -2.26. The SMILES string of the molecule is O=[N+]([O-])c1cc(Cl)c(N=Nc2ccc(N(CCO)CCO)cc2)c(Cl)c1. The summed E-state index contributed by atoms with van der Waals surface area (Å²) in [5.41, 5.74) is 1.26. The largest absolute Gasteiger partial charge is 0.395 e. The zero-order chi connectivity index (χ0) is 19.1. The van der Waals surface area contributed by atoms with Crippen LogP contribution >= 0.6 is 23.2 Å². The molecule has 0 saturated heterocycles. The molecule has 10 heteroatoms. The molecule has 0 fully saturated rings. The molecular weight excluding hydrogens is 383 g/mol. The summed E-state index contributed by atoms with van der Waals surface area (Å²) in [6.45, 7) is 0.738. The molecule has 0 aliphatic rings. The van der Waals surface area contributed by atoms with Crippen LogP contribution in [0.2, 0.25) is 10.0 Å². The Morgan fingerprint density at radius 2 is 1.54 bits per heavy atom. The highest BCUT2D eigenvalue weighted by atomic mass is 35.5. The number of nitro groups is 1. The van der Waals surface area contributed by atoms with Crippen molar-refractivity contribution in [2.75, 3.05) is 31.2 Å². The normalized spacial score (nSPS) is 11.1. The van der Waals surface area contributed by atoms with Crippen LogP contribution in [-0.2, 0) is 0 Å². The lowest BCUT2D eigenvalue weighted by atomic mass is 10.2. The number of aliphatic hydroxyl groups excluding tert-OH is 2. The zero-order valence-corrected chi connectivity index (χ0v) is 15.1. The third-order valence-corrected chi connectivity index (χ3v) is 4.01. The second kappa shape index (κ2) is 9.44. The maximum Gasteiger partial charge on any atom is 0.272 e. The Morgan fingerprint density at radius 1 is 1.00 bits per heavy atom. The average molecular weight is 399 g/mol. The highest BCUT2D eigenvalue weighted by Gasteiger charge is 2.14. The van der Waals surface area contributed by atoms with Crippen LogP contribution in [0.4, 0.5) is 22.7 Å². The molecule has 0 aliphatic carbocycles. The van der Waals surface area contributed by atoms with Gasteiger partial charge in [-0.2, -0.15) is 5.11 Å². The molecule has 0 saturated carbocycles. The first-order valence-corrected chi connectivity index (χ1v) is 8.33. The minimum absolute atomic E-state index is 0.0292. The predicted molar refractivity (Wildman–Crippen MR) is 100 cm³/mol. The molecule has 0 atom stereocenters. The number of hydrogen-bond donors (Lipinski definition) is 2. The van der Waals surface area contributed by atoms with Gasteiger partial charge in [-0.3, -0.25) is 10.1 Å². The van der Waals surface area contributed by atoms with Crippen molar-refractivity contribution in [3.05, 3.63) is 56.6 Å². The van der Waals surface area contributed by atoms with E-state index in [2.05, 4.69) is 10.2 Å². The molecule has 0 spiro atoms. The Balaban J connectivity index is 2.20. The molecule has 0 amide bonds. The number of non-ortho nitro benzene ring substituents is 1. The predicted octanol–water partition coefficient (Wildman–Crippen LogP) is 4.11. The first-order valence-electron chi connectivity index (χ1n) is 7.58. The minimum Gasteiger partial charge on any atom is -0.395 e. The summed E-state index contributed by atoms with van der Waals surface area (Å²) in [4.78, 5) is 12.0. The molecule has 2 aromatic rings. The third kappa shape index (κ3) is 5.12. The van der Waals surface area contributed by atoms with Crippen molar-refractivity contribution in [1.29, 1.82) is 0 Å². The van der Waals surface area contributed by atoms with Crippen molar-refractivity contribution >= 4 is 46.0 Å². The number of anilines is 1. The Kier molecular flexibility index (Phi) is 7.28. The highest BCUT2D eigenvalue weighted by molar-refractivity contribution is 6.39. The van der Waals surface area contributed by atoms with Crippen LogP contribution in [0.1, 0.15) is 0 Å². The van der Waals surface area contributed by atoms with Crippen LogP contribution in [-0.4, -0.2) is 41.4 Å². The summed E-state index contributed by atoms with van der Waals surface area (Å²) in [5.74, 6) is 0. The van der Waals surface area contributed by atoms with Gasteiger partial charge in [-0.1, -0.05) is 23.2 Å². The van der Waals surface area contributed by atoms with Crippen LogP contribution in [0.5, 0.6) is 0 Å². The maximum absolute atomic E-state index is 10.8. The van der Waals surface area contributed by atoms with Crippen molar-refractivity contribution < 1.29 is 15.1 Å². The number of halogens is 2. The second-order valence-corrected chi connectivity index (χ2v) is 5.98. The topological polar surface area (TPSA) is 112 Å². The van der Waals surface area contributed by atoms with Gasteiger partial charge in [0.2, 0.25) is 0 Å². The van der Waals surface area contributed by atoms with Crippen LogP contribution < -0.4 is 4.90 Å². The summed E-state index contributed by atoms with van der Waals surface area (Å²) >= 11 is 12.0. The first-order chi connectivity index (χ1) is 12.5. The van der Waals surface area contributed by atoms with Gasteiger partial charge in [-0.15, -0.1) is 5.11 Å². The smallest absolute Gasteiger partial charge is 0.272 e. The second-order valence-electron chi connectivity index (χ2n) is 5.17. The van der Waals surface area contributed by atoms with Crippen LogP contribution in [0.3, 0.4) is 0 Å². The van der Waals surface area contributed by atoms with Gasteiger partial charge in [0, 0.05) is 30.9 Å². The number of hydrogen-bond acceptors (Lipinski definition) is 7. The molecule has 0 aliphatic heterocycles. The van der Waals surface area contributed by atoms with Crippen molar-refractivity contribution in [3.8, 4) is 0 Å². The lowest BCUT2D eigenvalue weighted by molar-refractivity contribution is -0.384. The fourth-order valence-corrected chi connectivity index (χ4v) is 2.75. The molecule has 2 aromatic carbocycles. The summed E-state index contributed by atoms with van der Waals surface area (Å²) in [5, 5.41) is 37.0. The number of nitrogens with zero attached hydrogens (tertiary/aromatic N) is 4. The lowest BCUT2D eigenvalue weighted by Crippen LogP contribution is -2.29. The average Bonchev–Trinajstić information content (AvgIpc) is 2.61. The number of aliphatic hydroxyl groups is 2. The summed E-state index contributed by atoms with van der Waals surface area (Å²) in [6.07, 6.45) is 0. The van der Waals surface area contributed by atoms with Gasteiger partial charge in [0.25, 0.3) is 5.69 Å². The molecule has 0 heterocycles. The van der Waals surface area contributed by atoms with Gasteiger partial charge in [-0.25, -0.2) is 0 Å². The number of rotatable bonds is 8. The molecule has 2 rings (SSSR count). The maximum atomic E-state index is 10.8. The standard InChI is InChI=1S/C16H16Cl2N4O4/c17-14-9-13(22(25)26)10-15(18)16(14)20-19-11-1-3-12(4-2-11)21(5-7-23)6-8-24/h1-4,9-10,23-24H,5-8H2. The fraction of sp³-hybridized carbons (Fsp3) is 0.250. The summed E-state index contributed by atoms with van der Waals surface area (Å²) < 4.78 is 0. The third-order valence-electron chi connectivity index (χ3n) is 3.43. The van der Waals surface area contributed by atoms with Crippen LogP contribution in [0, 0.1) is 10.1 Å². The quantitative estimate of drug-likeness (QED) is 0.394. The van der Waals surface area contributed by atoms with Gasteiger partial charge >= 0.3 is 0 Å². The van der Waals surface area contributed by atoms with Crippen LogP contribution in [0.15, 0.2) is 46.6 Å². The van der Waals surface area contributed by atoms with Gasteiger partial charge in [0.15, 0.2) is 0 Å².